The molecule has 1 N–H and O–H groups in total. The van der Waals surface area contributed by atoms with Crippen molar-refractivity contribution in [2.24, 2.45) is 5.92 Å². The van der Waals surface area contributed by atoms with Crippen molar-refractivity contribution in [1.82, 2.24) is 25.0 Å². The fourth-order valence-corrected chi connectivity index (χ4v) is 3.08. The van der Waals surface area contributed by atoms with Gasteiger partial charge in [0.15, 0.2) is 0 Å². The molecule has 26 heavy (non-hydrogen) atoms. The SMILES string of the molecule is C[C@@H](c1ccc(-n2cncn2)cc1)N(C)CC(=O)N[C@](C)(C#N)C1CC1. The lowest BCUT2D eigenvalue weighted by molar-refractivity contribution is -0.123. The van der Waals surface area contributed by atoms with Gasteiger partial charge in [0, 0.05) is 6.04 Å². The molecule has 2 aromatic rings. The molecule has 3 rings (SSSR count). The van der Waals surface area contributed by atoms with Gasteiger partial charge in [0.1, 0.15) is 18.2 Å². The Morgan fingerprint density at radius 2 is 2.15 bits per heavy atom. The number of nitriles is 1. The molecule has 1 heterocycles. The van der Waals surface area contributed by atoms with Crippen molar-refractivity contribution < 1.29 is 4.79 Å². The van der Waals surface area contributed by atoms with Gasteiger partial charge in [-0.25, -0.2) is 9.67 Å². The summed E-state index contributed by atoms with van der Waals surface area (Å²) in [4.78, 5) is 18.3. The van der Waals surface area contributed by atoms with E-state index in [2.05, 4.69) is 28.4 Å². The van der Waals surface area contributed by atoms with E-state index in [4.69, 9.17) is 0 Å². The lowest BCUT2D eigenvalue weighted by Crippen LogP contribution is -2.50. The van der Waals surface area contributed by atoms with E-state index in [0.29, 0.717) is 0 Å². The van der Waals surface area contributed by atoms with E-state index in [1.54, 1.807) is 11.0 Å². The molecule has 1 aliphatic rings. The number of hydrogen-bond donors (Lipinski definition) is 1. The quantitative estimate of drug-likeness (QED) is 0.824. The number of carbonyl (C=O) groups excluding carboxylic acids is 1. The third-order valence-corrected chi connectivity index (χ3v) is 5.14. The van der Waals surface area contributed by atoms with Crippen LogP contribution in [0.25, 0.3) is 5.69 Å². The van der Waals surface area contributed by atoms with E-state index >= 15 is 0 Å². The lowest BCUT2D eigenvalue weighted by Gasteiger charge is -2.28. The molecule has 7 nitrogen and oxygen atoms in total. The zero-order valence-electron chi connectivity index (χ0n) is 15.4. The van der Waals surface area contributed by atoms with Crippen molar-refractivity contribution in [3.63, 3.8) is 0 Å². The van der Waals surface area contributed by atoms with E-state index in [-0.39, 0.29) is 24.4 Å². The summed E-state index contributed by atoms with van der Waals surface area (Å²) in [6, 6.07) is 10.3. The molecule has 1 aromatic carbocycles. The van der Waals surface area contributed by atoms with Crippen LogP contribution in [0.3, 0.4) is 0 Å². The molecule has 7 heteroatoms. The Balaban J connectivity index is 1.59. The van der Waals surface area contributed by atoms with E-state index in [1.165, 1.54) is 6.33 Å². The van der Waals surface area contributed by atoms with Crippen LogP contribution in [0.2, 0.25) is 0 Å². The average Bonchev–Trinajstić information content (AvgIpc) is 3.37. The molecule has 0 bridgehead atoms. The van der Waals surface area contributed by atoms with Crippen molar-refractivity contribution in [3.05, 3.63) is 42.5 Å². The zero-order valence-corrected chi connectivity index (χ0v) is 15.4. The summed E-state index contributed by atoms with van der Waals surface area (Å²) in [7, 11) is 1.91. The summed E-state index contributed by atoms with van der Waals surface area (Å²) in [6.07, 6.45) is 5.17. The van der Waals surface area contributed by atoms with Crippen LogP contribution >= 0.6 is 0 Å². The van der Waals surface area contributed by atoms with Crippen molar-refractivity contribution in [2.45, 2.75) is 38.3 Å². The van der Waals surface area contributed by atoms with Crippen molar-refractivity contribution >= 4 is 5.91 Å². The van der Waals surface area contributed by atoms with Gasteiger partial charge in [-0.15, -0.1) is 0 Å². The molecular weight excluding hydrogens is 328 g/mol. The second kappa shape index (κ2) is 7.26. The number of likely N-dealkylation sites (N-methyl/N-ethyl adjacent to an activating group) is 1. The average molecular weight is 352 g/mol. The molecule has 2 atom stereocenters. The van der Waals surface area contributed by atoms with Gasteiger partial charge in [-0.1, -0.05) is 12.1 Å². The van der Waals surface area contributed by atoms with Gasteiger partial charge in [-0.3, -0.25) is 9.69 Å². The Kier molecular flexibility index (Phi) is 5.05. The Hall–Kier alpha value is -2.72. The summed E-state index contributed by atoms with van der Waals surface area (Å²) in [5, 5.41) is 16.4. The molecule has 1 aliphatic carbocycles. The van der Waals surface area contributed by atoms with Crippen LogP contribution in [0.15, 0.2) is 36.9 Å². The second-order valence-electron chi connectivity index (χ2n) is 7.16. The summed E-state index contributed by atoms with van der Waals surface area (Å²) in [5.74, 6) is 0.165. The first kappa shape index (κ1) is 18.1. The van der Waals surface area contributed by atoms with Crippen LogP contribution < -0.4 is 5.32 Å². The van der Waals surface area contributed by atoms with Gasteiger partial charge in [0.25, 0.3) is 0 Å². The molecule has 0 saturated heterocycles. The zero-order chi connectivity index (χ0) is 18.7. The van der Waals surface area contributed by atoms with Crippen molar-refractivity contribution in [1.29, 1.82) is 5.26 Å². The first-order valence-corrected chi connectivity index (χ1v) is 8.80. The third-order valence-electron chi connectivity index (χ3n) is 5.14. The van der Waals surface area contributed by atoms with Gasteiger partial charge >= 0.3 is 0 Å². The highest BCUT2D eigenvalue weighted by atomic mass is 16.2. The van der Waals surface area contributed by atoms with Gasteiger partial charge < -0.3 is 5.32 Å². The summed E-state index contributed by atoms with van der Waals surface area (Å²) in [5.41, 5.74) is 1.29. The highest BCUT2D eigenvalue weighted by molar-refractivity contribution is 5.79. The number of carbonyl (C=O) groups is 1. The number of aromatic nitrogens is 3. The molecule has 1 amide bonds. The summed E-state index contributed by atoms with van der Waals surface area (Å²) < 4.78 is 1.70. The molecule has 0 spiro atoms. The van der Waals surface area contributed by atoms with Crippen LogP contribution in [0.4, 0.5) is 0 Å². The molecular formula is C19H24N6O. The smallest absolute Gasteiger partial charge is 0.235 e. The van der Waals surface area contributed by atoms with Crippen LogP contribution in [0.1, 0.15) is 38.3 Å². The maximum Gasteiger partial charge on any atom is 0.235 e. The molecule has 136 valence electrons. The monoisotopic (exact) mass is 352 g/mol. The van der Waals surface area contributed by atoms with E-state index < -0.39 is 5.54 Å². The van der Waals surface area contributed by atoms with Crippen molar-refractivity contribution in [2.75, 3.05) is 13.6 Å². The summed E-state index contributed by atoms with van der Waals surface area (Å²) in [6.45, 7) is 4.12. The maximum atomic E-state index is 12.4. The second-order valence-corrected chi connectivity index (χ2v) is 7.16. The standard InChI is InChI=1S/C19H24N6O/c1-14(15-4-8-17(9-5-15)25-13-21-12-22-25)24(3)10-18(26)23-19(2,11-20)16-6-7-16/h4-5,8-9,12-14,16H,6-7,10H2,1-3H3,(H,23,26)/t14-,19+/m0/s1. The van der Waals surface area contributed by atoms with Crippen molar-refractivity contribution in [3.8, 4) is 11.8 Å². The first-order valence-electron chi connectivity index (χ1n) is 8.80. The molecule has 0 aliphatic heterocycles. The van der Waals surface area contributed by atoms with Gasteiger partial charge in [-0.2, -0.15) is 10.4 Å². The molecule has 1 fully saturated rings. The Labute approximate surface area is 153 Å². The number of nitrogens with one attached hydrogen (secondary N) is 1. The van der Waals surface area contributed by atoms with Gasteiger partial charge in [-0.05, 0) is 57.4 Å². The first-order chi connectivity index (χ1) is 12.4. The minimum absolute atomic E-state index is 0.0693. The van der Waals surface area contributed by atoms with Gasteiger partial charge in [0.2, 0.25) is 5.91 Å². The third kappa shape index (κ3) is 3.92. The predicted molar refractivity (Wildman–Crippen MR) is 97.3 cm³/mol. The molecule has 0 unspecified atom stereocenters. The van der Waals surface area contributed by atoms with Crippen LogP contribution in [0, 0.1) is 17.2 Å². The lowest BCUT2D eigenvalue weighted by atomic mass is 9.98. The van der Waals surface area contributed by atoms with Crippen LogP contribution in [-0.4, -0.2) is 44.7 Å². The van der Waals surface area contributed by atoms with Crippen LogP contribution in [0.5, 0.6) is 0 Å². The topological polar surface area (TPSA) is 86.8 Å². The minimum Gasteiger partial charge on any atom is -0.337 e. The van der Waals surface area contributed by atoms with Gasteiger partial charge in [0.05, 0.1) is 18.3 Å². The van der Waals surface area contributed by atoms with E-state index in [1.807, 2.05) is 43.1 Å². The Bertz CT molecular complexity index is 790. The largest absolute Gasteiger partial charge is 0.337 e. The molecule has 0 radical (unpaired) electrons. The van der Waals surface area contributed by atoms with Crippen LogP contribution in [-0.2, 0) is 4.79 Å². The fraction of sp³-hybridized carbons (Fsp3) is 0.474. The predicted octanol–water partition coefficient (Wildman–Crippen LogP) is 2.07. The number of nitrogens with zero attached hydrogens (tertiary/aromatic N) is 5. The summed E-state index contributed by atoms with van der Waals surface area (Å²) >= 11 is 0. The number of amides is 1. The van der Waals surface area contributed by atoms with E-state index in [0.717, 1.165) is 24.1 Å². The molecule has 1 saturated carbocycles. The fourth-order valence-electron chi connectivity index (χ4n) is 3.08. The highest BCUT2D eigenvalue weighted by Crippen LogP contribution is 2.39. The Morgan fingerprint density at radius 3 is 2.69 bits per heavy atom. The molecule has 1 aromatic heterocycles. The normalized spacial score (nSPS) is 17.3. The highest BCUT2D eigenvalue weighted by Gasteiger charge is 2.43. The Morgan fingerprint density at radius 1 is 1.46 bits per heavy atom. The minimum atomic E-state index is -0.749. The van der Waals surface area contributed by atoms with E-state index in [9.17, 15) is 10.1 Å². The number of benzene rings is 1. The number of hydrogen-bond acceptors (Lipinski definition) is 5. The maximum absolute atomic E-state index is 12.4. The number of rotatable bonds is 7.